The molecular weight excluding hydrogens is 288 g/mol. The van der Waals surface area contributed by atoms with Gasteiger partial charge in [-0.05, 0) is 34.1 Å². The second-order valence-electron chi connectivity index (χ2n) is 3.95. The fourth-order valence-electron chi connectivity index (χ4n) is 1.10. The van der Waals surface area contributed by atoms with Gasteiger partial charge in [0, 0.05) is 19.3 Å². The predicted molar refractivity (Wildman–Crippen MR) is 73.4 cm³/mol. The summed E-state index contributed by atoms with van der Waals surface area (Å²) in [5, 5.41) is 11.2. The lowest BCUT2D eigenvalue weighted by Crippen LogP contribution is -2.38. The minimum Gasteiger partial charge on any atom is -0.362 e. The first-order valence-corrected chi connectivity index (χ1v) is 6.47. The van der Waals surface area contributed by atoms with Gasteiger partial charge in [-0.15, -0.1) is 0 Å². The Morgan fingerprint density at radius 1 is 1.56 bits per heavy atom. The van der Waals surface area contributed by atoms with Gasteiger partial charge in [0.1, 0.15) is 0 Å². The molecule has 0 saturated carbocycles. The Morgan fingerprint density at radius 2 is 2.31 bits per heavy atom. The van der Waals surface area contributed by atoms with Crippen LogP contribution in [-0.4, -0.2) is 28.0 Å². The van der Waals surface area contributed by atoms with E-state index < -0.39 is 0 Å². The molecule has 2 N–H and O–H groups in total. The number of nitrogens with one attached hydrogen (secondary N) is 2. The Hall–Kier alpha value is -0.620. The summed E-state index contributed by atoms with van der Waals surface area (Å²) in [6.07, 6.45) is 3.71. The van der Waals surface area contributed by atoms with E-state index in [1.807, 2.05) is 10.9 Å². The number of halogens is 1. The van der Waals surface area contributed by atoms with Crippen LogP contribution >= 0.6 is 28.1 Å². The van der Waals surface area contributed by atoms with Gasteiger partial charge in [-0.25, -0.2) is 0 Å². The second-order valence-corrected chi connectivity index (χ2v) is 5.28. The zero-order valence-corrected chi connectivity index (χ0v) is 11.9. The van der Waals surface area contributed by atoms with Gasteiger partial charge in [0.05, 0.1) is 17.2 Å². The highest BCUT2D eigenvalue weighted by Gasteiger charge is 1.98. The van der Waals surface area contributed by atoms with Crippen molar-refractivity contribution in [3.05, 3.63) is 16.9 Å². The molecule has 0 amide bonds. The molecule has 0 aliphatic rings. The van der Waals surface area contributed by atoms with Gasteiger partial charge in [0.2, 0.25) is 0 Å². The summed E-state index contributed by atoms with van der Waals surface area (Å²) in [6.45, 7) is 6.78. The molecule has 0 aromatic carbocycles. The number of aromatic nitrogens is 2. The van der Waals surface area contributed by atoms with Crippen LogP contribution in [0.2, 0.25) is 0 Å². The molecule has 4 nitrogen and oxygen atoms in total. The molecule has 16 heavy (non-hydrogen) atoms. The highest BCUT2D eigenvalue weighted by Crippen LogP contribution is 2.05. The van der Waals surface area contributed by atoms with E-state index in [0.29, 0.717) is 11.0 Å². The zero-order chi connectivity index (χ0) is 12.0. The first-order chi connectivity index (χ1) is 7.58. The number of hydrogen-bond donors (Lipinski definition) is 2. The Bertz CT molecular complexity index is 337. The van der Waals surface area contributed by atoms with E-state index in [2.05, 4.69) is 45.5 Å². The Kier molecular flexibility index (Phi) is 5.76. The summed E-state index contributed by atoms with van der Waals surface area (Å²) in [6, 6.07) is 0. The number of nitrogens with zero attached hydrogens (tertiary/aromatic N) is 2. The third-order valence-electron chi connectivity index (χ3n) is 1.90. The number of hydrogen-bond acceptors (Lipinski definition) is 2. The average Bonchev–Trinajstić information content (AvgIpc) is 2.61. The minimum absolute atomic E-state index is 0.599. The highest BCUT2D eigenvalue weighted by molar-refractivity contribution is 9.10. The van der Waals surface area contributed by atoms with Gasteiger partial charge >= 0.3 is 0 Å². The number of rotatable bonds is 5. The molecule has 0 spiro atoms. The fraction of sp³-hybridized carbons (Fsp3) is 0.600. The van der Waals surface area contributed by atoms with Gasteiger partial charge in [-0.2, -0.15) is 5.10 Å². The van der Waals surface area contributed by atoms with Crippen LogP contribution in [0.5, 0.6) is 0 Å². The maximum atomic E-state index is 5.13. The molecule has 0 saturated heterocycles. The maximum Gasteiger partial charge on any atom is 0.166 e. The average molecular weight is 305 g/mol. The van der Waals surface area contributed by atoms with Gasteiger partial charge in [0.25, 0.3) is 0 Å². The second kappa shape index (κ2) is 6.85. The van der Waals surface area contributed by atoms with E-state index in [-0.39, 0.29) is 0 Å². The van der Waals surface area contributed by atoms with E-state index in [9.17, 15) is 0 Å². The molecule has 0 fully saturated rings. The molecule has 0 aliphatic carbocycles. The summed E-state index contributed by atoms with van der Waals surface area (Å²) >= 11 is 8.48. The van der Waals surface area contributed by atoms with Crippen LogP contribution in [-0.2, 0) is 6.54 Å². The van der Waals surface area contributed by atoms with Crippen LogP contribution in [0, 0.1) is 5.92 Å². The van der Waals surface area contributed by atoms with Crippen molar-refractivity contribution >= 4 is 33.3 Å². The summed E-state index contributed by atoms with van der Waals surface area (Å²) < 4.78 is 2.86. The normalized spacial score (nSPS) is 10.5. The molecule has 1 heterocycles. The van der Waals surface area contributed by atoms with Gasteiger partial charge in [-0.1, -0.05) is 13.8 Å². The molecule has 6 heteroatoms. The van der Waals surface area contributed by atoms with E-state index >= 15 is 0 Å². The molecule has 0 radical (unpaired) electrons. The van der Waals surface area contributed by atoms with E-state index in [0.717, 1.165) is 24.1 Å². The van der Waals surface area contributed by atoms with Crippen LogP contribution in [0.3, 0.4) is 0 Å². The molecule has 1 aromatic rings. The molecule has 90 valence electrons. The van der Waals surface area contributed by atoms with Crippen molar-refractivity contribution in [3.8, 4) is 0 Å². The summed E-state index contributed by atoms with van der Waals surface area (Å²) in [5.74, 6) is 0.599. The SMILES string of the molecule is CC(C)CNC(=S)NCCn1cc(Br)cn1. The van der Waals surface area contributed by atoms with Crippen LogP contribution in [0.4, 0.5) is 0 Å². The third kappa shape index (κ3) is 5.46. The first-order valence-electron chi connectivity index (χ1n) is 5.27. The molecule has 0 aliphatic heterocycles. The molecule has 0 bridgehead atoms. The van der Waals surface area contributed by atoms with Crippen molar-refractivity contribution in [1.82, 2.24) is 20.4 Å². The molecule has 1 aromatic heterocycles. The Balaban J connectivity index is 2.13. The molecule has 1 rings (SSSR count). The summed E-state index contributed by atoms with van der Waals surface area (Å²) in [4.78, 5) is 0. The lowest BCUT2D eigenvalue weighted by Gasteiger charge is -2.11. The van der Waals surface area contributed by atoms with Crippen molar-refractivity contribution in [3.63, 3.8) is 0 Å². The van der Waals surface area contributed by atoms with E-state index in [1.54, 1.807) is 6.20 Å². The van der Waals surface area contributed by atoms with Gasteiger partial charge in [0.15, 0.2) is 5.11 Å². The largest absolute Gasteiger partial charge is 0.362 e. The van der Waals surface area contributed by atoms with E-state index in [4.69, 9.17) is 12.2 Å². The Labute approximate surface area is 110 Å². The van der Waals surface area contributed by atoms with Crippen LogP contribution in [0.1, 0.15) is 13.8 Å². The molecular formula is C10H17BrN4S. The van der Waals surface area contributed by atoms with Crippen LogP contribution in [0.25, 0.3) is 0 Å². The van der Waals surface area contributed by atoms with E-state index in [1.165, 1.54) is 0 Å². The Morgan fingerprint density at radius 3 is 2.88 bits per heavy atom. The van der Waals surface area contributed by atoms with Gasteiger partial charge < -0.3 is 10.6 Å². The third-order valence-corrected chi connectivity index (χ3v) is 2.60. The maximum absolute atomic E-state index is 5.13. The summed E-state index contributed by atoms with van der Waals surface area (Å²) in [5.41, 5.74) is 0. The topological polar surface area (TPSA) is 41.9 Å². The summed E-state index contributed by atoms with van der Waals surface area (Å²) in [7, 11) is 0. The first kappa shape index (κ1) is 13.4. The lowest BCUT2D eigenvalue weighted by atomic mass is 10.2. The van der Waals surface area contributed by atoms with Crippen molar-refractivity contribution in [2.24, 2.45) is 5.92 Å². The van der Waals surface area contributed by atoms with Gasteiger partial charge in [-0.3, -0.25) is 4.68 Å². The van der Waals surface area contributed by atoms with Crippen LogP contribution < -0.4 is 10.6 Å². The highest BCUT2D eigenvalue weighted by atomic mass is 79.9. The molecule has 0 atom stereocenters. The molecule has 0 unspecified atom stereocenters. The lowest BCUT2D eigenvalue weighted by molar-refractivity contribution is 0.588. The zero-order valence-electron chi connectivity index (χ0n) is 9.53. The smallest absolute Gasteiger partial charge is 0.166 e. The van der Waals surface area contributed by atoms with Crippen LogP contribution in [0.15, 0.2) is 16.9 Å². The predicted octanol–water partition coefficient (Wildman–Crippen LogP) is 1.77. The fourth-order valence-corrected chi connectivity index (χ4v) is 1.62. The van der Waals surface area contributed by atoms with Crippen molar-refractivity contribution < 1.29 is 0 Å². The minimum atomic E-state index is 0.599. The van der Waals surface area contributed by atoms with Crippen molar-refractivity contribution in [2.75, 3.05) is 13.1 Å². The number of thiocarbonyl (C=S) groups is 1. The standard InChI is InChI=1S/C10H17BrN4S/c1-8(2)5-13-10(16)12-3-4-15-7-9(11)6-14-15/h6-8H,3-5H2,1-2H3,(H2,12,13,16). The van der Waals surface area contributed by atoms with Crippen molar-refractivity contribution in [1.29, 1.82) is 0 Å². The van der Waals surface area contributed by atoms with Crippen molar-refractivity contribution in [2.45, 2.75) is 20.4 Å². The monoisotopic (exact) mass is 304 g/mol. The quantitative estimate of drug-likeness (QED) is 0.814.